The maximum absolute atomic E-state index is 13.4. The Bertz CT molecular complexity index is 791. The molecule has 1 aliphatic heterocycles. The predicted molar refractivity (Wildman–Crippen MR) is 94.6 cm³/mol. The molecule has 0 radical (unpaired) electrons. The minimum Gasteiger partial charge on any atom is -0.379 e. The summed E-state index contributed by atoms with van der Waals surface area (Å²) in [7, 11) is 0. The van der Waals surface area contributed by atoms with Crippen LogP contribution in [-0.4, -0.2) is 51.1 Å². The number of nitrogens with zero attached hydrogens (tertiary/aromatic N) is 3. The number of carbonyl (C=O) groups excluding carboxylic acids is 1. The molecule has 1 fully saturated rings. The minimum absolute atomic E-state index is 0.125. The van der Waals surface area contributed by atoms with Crippen LogP contribution < -0.4 is 5.32 Å². The van der Waals surface area contributed by atoms with E-state index in [1.54, 1.807) is 18.6 Å². The summed E-state index contributed by atoms with van der Waals surface area (Å²) in [4.78, 5) is 22.4. The van der Waals surface area contributed by atoms with E-state index in [1.165, 1.54) is 11.0 Å². The second-order valence-corrected chi connectivity index (χ2v) is 6.73. The lowest BCUT2D eigenvalue weighted by molar-refractivity contribution is -0.157. The Morgan fingerprint density at radius 3 is 2.85 bits per heavy atom. The highest BCUT2D eigenvalue weighted by Gasteiger charge is 2.41. The van der Waals surface area contributed by atoms with Gasteiger partial charge in [0.25, 0.3) is 5.91 Å². The van der Waals surface area contributed by atoms with Crippen molar-refractivity contribution in [2.24, 2.45) is 0 Å². The van der Waals surface area contributed by atoms with Gasteiger partial charge in [-0.2, -0.15) is 0 Å². The van der Waals surface area contributed by atoms with E-state index in [9.17, 15) is 18.7 Å². The fraction of sp³-hybridized carbons (Fsp3) is 0.421. The van der Waals surface area contributed by atoms with Crippen molar-refractivity contribution in [3.63, 3.8) is 0 Å². The summed E-state index contributed by atoms with van der Waals surface area (Å²) in [5.41, 5.74) is -0.187. The molecule has 0 spiro atoms. The van der Waals surface area contributed by atoms with Gasteiger partial charge in [-0.25, -0.2) is 8.78 Å². The molecule has 2 aromatic rings. The topological polar surface area (TPSA) is 78.4 Å². The Labute approximate surface area is 156 Å². The van der Waals surface area contributed by atoms with Gasteiger partial charge in [-0.1, -0.05) is 6.07 Å². The molecule has 8 heteroatoms. The zero-order chi connectivity index (χ0) is 19.3. The molecule has 1 saturated heterocycles. The third-order valence-corrected chi connectivity index (χ3v) is 4.65. The standard InChI is InChI=1S/C19H22F2N4O2/c20-16-3-2-14(10-17(16)21)12-25-9-1-5-19(27,18(25)26)13-23-6-4-15-11-22-7-8-24-15/h2-3,7-8,10-11,23,27H,1,4-6,9,12-13H2/t19-/m0/s1. The van der Waals surface area contributed by atoms with Crippen LogP contribution in [0.1, 0.15) is 24.1 Å². The lowest BCUT2D eigenvalue weighted by atomic mass is 9.91. The number of hydrogen-bond acceptors (Lipinski definition) is 5. The molecule has 3 rings (SSSR count). The van der Waals surface area contributed by atoms with E-state index in [0.717, 1.165) is 17.8 Å². The van der Waals surface area contributed by atoms with Crippen LogP contribution in [0, 0.1) is 11.6 Å². The second kappa shape index (κ2) is 8.49. The van der Waals surface area contributed by atoms with Gasteiger partial charge in [-0.3, -0.25) is 14.8 Å². The molecule has 0 aliphatic carbocycles. The van der Waals surface area contributed by atoms with Crippen molar-refractivity contribution >= 4 is 5.91 Å². The number of benzene rings is 1. The average Bonchev–Trinajstić information content (AvgIpc) is 2.67. The van der Waals surface area contributed by atoms with Crippen LogP contribution in [0.2, 0.25) is 0 Å². The molecule has 1 aromatic heterocycles. The van der Waals surface area contributed by atoms with Gasteiger partial charge in [-0.15, -0.1) is 0 Å². The van der Waals surface area contributed by atoms with Crippen molar-refractivity contribution in [1.29, 1.82) is 0 Å². The van der Waals surface area contributed by atoms with E-state index in [4.69, 9.17) is 0 Å². The highest BCUT2D eigenvalue weighted by molar-refractivity contribution is 5.86. The zero-order valence-corrected chi connectivity index (χ0v) is 14.9. The summed E-state index contributed by atoms with van der Waals surface area (Å²) in [6.07, 6.45) is 6.52. The Balaban J connectivity index is 1.55. The van der Waals surface area contributed by atoms with Crippen LogP contribution in [0.3, 0.4) is 0 Å². The van der Waals surface area contributed by atoms with Gasteiger partial charge in [0.15, 0.2) is 17.2 Å². The molecule has 0 saturated carbocycles. The number of nitrogens with one attached hydrogen (secondary N) is 1. The zero-order valence-electron chi connectivity index (χ0n) is 14.9. The van der Waals surface area contributed by atoms with Crippen molar-refractivity contribution in [3.05, 3.63) is 59.7 Å². The fourth-order valence-corrected chi connectivity index (χ4v) is 3.21. The van der Waals surface area contributed by atoms with Crippen LogP contribution in [0.25, 0.3) is 0 Å². The first kappa shape index (κ1) is 19.3. The van der Waals surface area contributed by atoms with Crippen molar-refractivity contribution in [3.8, 4) is 0 Å². The van der Waals surface area contributed by atoms with Gasteiger partial charge in [0.05, 0.1) is 5.69 Å². The summed E-state index contributed by atoms with van der Waals surface area (Å²) in [5.74, 6) is -2.27. The molecule has 27 heavy (non-hydrogen) atoms. The van der Waals surface area contributed by atoms with E-state index in [-0.39, 0.29) is 13.1 Å². The Morgan fingerprint density at radius 1 is 1.26 bits per heavy atom. The van der Waals surface area contributed by atoms with Gasteiger partial charge >= 0.3 is 0 Å². The van der Waals surface area contributed by atoms with E-state index in [1.807, 2.05) is 0 Å². The summed E-state index contributed by atoms with van der Waals surface area (Å²) in [6, 6.07) is 3.56. The third-order valence-electron chi connectivity index (χ3n) is 4.65. The van der Waals surface area contributed by atoms with Crippen molar-refractivity contribution in [1.82, 2.24) is 20.2 Å². The lowest BCUT2D eigenvalue weighted by Crippen LogP contribution is -2.57. The molecule has 1 atom stereocenters. The number of amides is 1. The van der Waals surface area contributed by atoms with Gasteiger partial charge in [0, 0.05) is 51.2 Å². The molecule has 0 unspecified atom stereocenters. The molecule has 2 N–H and O–H groups in total. The molecule has 1 aliphatic rings. The Morgan fingerprint density at radius 2 is 2.11 bits per heavy atom. The average molecular weight is 376 g/mol. The quantitative estimate of drug-likeness (QED) is 0.715. The first-order valence-corrected chi connectivity index (χ1v) is 8.89. The monoisotopic (exact) mass is 376 g/mol. The number of halogens is 2. The van der Waals surface area contributed by atoms with Crippen LogP contribution in [0.15, 0.2) is 36.8 Å². The first-order chi connectivity index (χ1) is 13.0. The summed E-state index contributed by atoms with van der Waals surface area (Å²) in [6.45, 7) is 1.29. The Kier molecular flexibility index (Phi) is 6.08. The van der Waals surface area contributed by atoms with Crippen LogP contribution in [0.4, 0.5) is 8.78 Å². The number of likely N-dealkylation sites (tertiary alicyclic amines) is 1. The fourth-order valence-electron chi connectivity index (χ4n) is 3.21. The maximum atomic E-state index is 13.4. The van der Waals surface area contributed by atoms with Crippen molar-refractivity contribution in [2.45, 2.75) is 31.4 Å². The minimum atomic E-state index is -1.50. The number of aliphatic hydroxyl groups is 1. The smallest absolute Gasteiger partial charge is 0.256 e. The van der Waals surface area contributed by atoms with E-state index in [2.05, 4.69) is 15.3 Å². The maximum Gasteiger partial charge on any atom is 0.256 e. The Hall–Kier alpha value is -2.45. The van der Waals surface area contributed by atoms with Crippen LogP contribution >= 0.6 is 0 Å². The molecular formula is C19H22F2N4O2. The van der Waals surface area contributed by atoms with E-state index >= 15 is 0 Å². The van der Waals surface area contributed by atoms with Crippen LogP contribution in [-0.2, 0) is 17.8 Å². The normalized spacial score (nSPS) is 20.1. The molecule has 0 bridgehead atoms. The number of piperidine rings is 1. The molecule has 144 valence electrons. The highest BCUT2D eigenvalue weighted by Crippen LogP contribution is 2.24. The summed E-state index contributed by atoms with van der Waals surface area (Å²) < 4.78 is 26.4. The van der Waals surface area contributed by atoms with Crippen LogP contribution in [0.5, 0.6) is 0 Å². The lowest BCUT2D eigenvalue weighted by Gasteiger charge is -2.38. The number of aromatic nitrogens is 2. The number of hydrogen-bond donors (Lipinski definition) is 2. The molecular weight excluding hydrogens is 354 g/mol. The number of carbonyl (C=O) groups is 1. The first-order valence-electron chi connectivity index (χ1n) is 8.89. The van der Waals surface area contributed by atoms with Gasteiger partial charge in [0.1, 0.15) is 0 Å². The molecule has 2 heterocycles. The summed E-state index contributed by atoms with van der Waals surface area (Å²) in [5, 5.41) is 13.9. The van der Waals surface area contributed by atoms with Crippen molar-refractivity contribution < 1.29 is 18.7 Å². The van der Waals surface area contributed by atoms with Gasteiger partial charge in [-0.05, 0) is 30.5 Å². The van der Waals surface area contributed by atoms with Crippen molar-refractivity contribution in [2.75, 3.05) is 19.6 Å². The predicted octanol–water partition coefficient (Wildman–Crippen LogP) is 1.44. The molecule has 6 nitrogen and oxygen atoms in total. The van der Waals surface area contributed by atoms with Gasteiger partial charge in [0.2, 0.25) is 0 Å². The molecule has 1 amide bonds. The number of rotatable bonds is 7. The largest absolute Gasteiger partial charge is 0.379 e. The van der Waals surface area contributed by atoms with Gasteiger partial charge < -0.3 is 15.3 Å². The highest BCUT2D eigenvalue weighted by atomic mass is 19.2. The second-order valence-electron chi connectivity index (χ2n) is 6.73. The summed E-state index contributed by atoms with van der Waals surface area (Å²) >= 11 is 0. The van der Waals surface area contributed by atoms with E-state index < -0.39 is 23.1 Å². The van der Waals surface area contributed by atoms with E-state index in [0.29, 0.717) is 37.9 Å². The third kappa shape index (κ3) is 4.84. The SMILES string of the molecule is O=C1N(Cc2ccc(F)c(F)c2)CCC[C@]1(O)CNCCc1cnccn1. The molecule has 1 aromatic carbocycles.